The Morgan fingerprint density at radius 3 is 2.27 bits per heavy atom. The Labute approximate surface area is 179 Å². The molecule has 1 heterocycles. The van der Waals surface area contributed by atoms with Gasteiger partial charge in [-0.15, -0.1) is 0 Å². The van der Waals surface area contributed by atoms with E-state index in [2.05, 4.69) is 17.1 Å². The first kappa shape index (κ1) is 21.5. The van der Waals surface area contributed by atoms with Gasteiger partial charge in [0, 0.05) is 23.4 Å². The first-order valence-corrected chi connectivity index (χ1v) is 11.8. The van der Waals surface area contributed by atoms with Gasteiger partial charge in [0.25, 0.3) is 0 Å². The Morgan fingerprint density at radius 1 is 1.03 bits per heavy atom. The molecule has 0 radical (unpaired) electrons. The Morgan fingerprint density at radius 2 is 1.67 bits per heavy atom. The highest BCUT2D eigenvalue weighted by Crippen LogP contribution is 2.38. The van der Waals surface area contributed by atoms with Crippen molar-refractivity contribution in [2.45, 2.75) is 64.3 Å². The van der Waals surface area contributed by atoms with Gasteiger partial charge in [0.1, 0.15) is 5.82 Å². The standard InChI is InChI=1S/C25H35FN2O2/c1-17-16-23(17)25(30)27-22-8-2-18(3-9-22)10-13-28-14-11-20(12-15-28)24(29)19-4-6-21(26)7-5-19/h4-7,17-18,20,22-23H,2-3,8-16H2,1H3,(H,27,30)/t17-,18?,22?,23-/m1/s1. The van der Waals surface area contributed by atoms with Gasteiger partial charge >= 0.3 is 0 Å². The number of piperidine rings is 1. The normalized spacial score (nSPS) is 30.1. The minimum atomic E-state index is -0.296. The molecule has 1 amide bonds. The summed E-state index contributed by atoms with van der Waals surface area (Å²) in [5.41, 5.74) is 0.634. The van der Waals surface area contributed by atoms with Crippen molar-refractivity contribution in [1.29, 1.82) is 0 Å². The number of carbonyl (C=O) groups is 2. The number of nitrogens with zero attached hydrogens (tertiary/aromatic N) is 1. The fourth-order valence-corrected chi connectivity index (χ4v) is 5.22. The third kappa shape index (κ3) is 5.48. The van der Waals surface area contributed by atoms with Gasteiger partial charge in [-0.1, -0.05) is 6.92 Å². The molecule has 4 nitrogen and oxygen atoms in total. The fraction of sp³-hybridized carbons (Fsp3) is 0.680. The summed E-state index contributed by atoms with van der Waals surface area (Å²) in [6.45, 7) is 5.21. The molecule has 1 aromatic carbocycles. The molecule has 3 aliphatic rings. The highest BCUT2D eigenvalue weighted by Gasteiger charge is 2.40. The van der Waals surface area contributed by atoms with Crippen LogP contribution in [-0.2, 0) is 4.79 Å². The zero-order chi connectivity index (χ0) is 21.1. The summed E-state index contributed by atoms with van der Waals surface area (Å²) in [5, 5.41) is 3.27. The topological polar surface area (TPSA) is 49.4 Å². The monoisotopic (exact) mass is 414 g/mol. The smallest absolute Gasteiger partial charge is 0.223 e. The van der Waals surface area contributed by atoms with Crippen molar-refractivity contribution in [3.05, 3.63) is 35.6 Å². The number of hydrogen-bond donors (Lipinski definition) is 1. The average Bonchev–Trinajstić information content (AvgIpc) is 3.50. The molecule has 2 aliphatic carbocycles. The molecule has 2 atom stereocenters. The lowest BCUT2D eigenvalue weighted by atomic mass is 9.83. The molecule has 0 aromatic heterocycles. The van der Waals surface area contributed by atoms with E-state index in [0.717, 1.165) is 57.7 Å². The molecule has 1 aromatic rings. The number of halogens is 1. The second-order valence-electron chi connectivity index (χ2n) is 9.82. The van der Waals surface area contributed by atoms with Crippen molar-refractivity contribution in [3.63, 3.8) is 0 Å². The van der Waals surface area contributed by atoms with Gasteiger partial charge < -0.3 is 10.2 Å². The van der Waals surface area contributed by atoms with E-state index in [0.29, 0.717) is 17.5 Å². The van der Waals surface area contributed by atoms with Crippen LogP contribution in [0.4, 0.5) is 4.39 Å². The molecule has 5 heteroatoms. The van der Waals surface area contributed by atoms with Crippen molar-refractivity contribution in [2.75, 3.05) is 19.6 Å². The molecule has 4 rings (SSSR count). The van der Waals surface area contributed by atoms with Crippen LogP contribution >= 0.6 is 0 Å². The molecule has 2 saturated carbocycles. The summed E-state index contributed by atoms with van der Waals surface area (Å²) in [5.74, 6) is 1.84. The summed E-state index contributed by atoms with van der Waals surface area (Å²) >= 11 is 0. The van der Waals surface area contributed by atoms with E-state index in [1.54, 1.807) is 12.1 Å². The van der Waals surface area contributed by atoms with E-state index in [4.69, 9.17) is 0 Å². The molecule has 0 unspecified atom stereocenters. The molecule has 0 bridgehead atoms. The maximum absolute atomic E-state index is 13.1. The Hall–Kier alpha value is -1.75. The summed E-state index contributed by atoms with van der Waals surface area (Å²) in [6, 6.07) is 6.33. The fourth-order valence-electron chi connectivity index (χ4n) is 5.22. The Balaban J connectivity index is 1.12. The second kappa shape index (κ2) is 9.59. The molecule has 0 spiro atoms. The first-order valence-electron chi connectivity index (χ1n) is 11.8. The van der Waals surface area contributed by atoms with Crippen LogP contribution in [0, 0.1) is 29.5 Å². The van der Waals surface area contributed by atoms with Crippen molar-refractivity contribution >= 4 is 11.7 Å². The van der Waals surface area contributed by atoms with Gasteiger partial charge in [-0.3, -0.25) is 9.59 Å². The maximum atomic E-state index is 13.1. The number of carbonyl (C=O) groups excluding carboxylic acids is 2. The quantitative estimate of drug-likeness (QED) is 0.671. The number of hydrogen-bond acceptors (Lipinski definition) is 3. The van der Waals surface area contributed by atoms with Crippen molar-refractivity contribution < 1.29 is 14.0 Å². The van der Waals surface area contributed by atoms with Crippen LogP contribution in [0.5, 0.6) is 0 Å². The van der Waals surface area contributed by atoms with E-state index in [1.165, 1.54) is 31.4 Å². The zero-order valence-electron chi connectivity index (χ0n) is 18.1. The van der Waals surface area contributed by atoms with Crippen molar-refractivity contribution in [2.24, 2.45) is 23.7 Å². The molecular weight excluding hydrogens is 379 g/mol. The lowest BCUT2D eigenvalue weighted by molar-refractivity contribution is -0.123. The number of likely N-dealkylation sites (tertiary alicyclic amines) is 1. The van der Waals surface area contributed by atoms with Crippen LogP contribution in [0.25, 0.3) is 0 Å². The van der Waals surface area contributed by atoms with Gasteiger partial charge in [0.05, 0.1) is 0 Å². The number of nitrogens with one attached hydrogen (secondary N) is 1. The third-order valence-electron chi connectivity index (χ3n) is 7.58. The van der Waals surface area contributed by atoms with Gasteiger partial charge in [0.2, 0.25) is 5.91 Å². The van der Waals surface area contributed by atoms with Gasteiger partial charge in [-0.2, -0.15) is 0 Å². The van der Waals surface area contributed by atoms with Gasteiger partial charge in [-0.25, -0.2) is 4.39 Å². The van der Waals surface area contributed by atoms with E-state index >= 15 is 0 Å². The number of rotatable bonds is 7. The molecular formula is C25H35FN2O2. The average molecular weight is 415 g/mol. The number of amides is 1. The number of Topliss-reactive ketones (excluding diaryl/α,β-unsaturated/α-hetero) is 1. The maximum Gasteiger partial charge on any atom is 0.223 e. The summed E-state index contributed by atoms with van der Waals surface area (Å²) in [4.78, 5) is 27.2. The third-order valence-corrected chi connectivity index (χ3v) is 7.58. The lowest BCUT2D eigenvalue weighted by Gasteiger charge is -2.34. The summed E-state index contributed by atoms with van der Waals surface area (Å²) in [6.07, 6.45) is 8.74. The SMILES string of the molecule is C[C@@H]1C[C@H]1C(=O)NC1CCC(CCN2CCC(C(=O)c3ccc(F)cc3)CC2)CC1. The van der Waals surface area contributed by atoms with E-state index in [9.17, 15) is 14.0 Å². The Kier molecular flexibility index (Phi) is 6.87. The molecule has 164 valence electrons. The Bertz CT molecular complexity index is 734. The molecule has 30 heavy (non-hydrogen) atoms. The van der Waals surface area contributed by atoms with Crippen LogP contribution in [0.3, 0.4) is 0 Å². The highest BCUT2D eigenvalue weighted by atomic mass is 19.1. The largest absolute Gasteiger partial charge is 0.353 e. The van der Waals surface area contributed by atoms with E-state index in [-0.39, 0.29) is 29.3 Å². The van der Waals surface area contributed by atoms with Crippen LogP contribution in [0.2, 0.25) is 0 Å². The molecule has 1 saturated heterocycles. The predicted octanol–water partition coefficient (Wildman–Crippen LogP) is 4.44. The lowest BCUT2D eigenvalue weighted by Crippen LogP contribution is -2.40. The van der Waals surface area contributed by atoms with Gasteiger partial charge in [0.15, 0.2) is 5.78 Å². The minimum Gasteiger partial charge on any atom is -0.353 e. The van der Waals surface area contributed by atoms with E-state index in [1.807, 2.05) is 0 Å². The molecule has 1 aliphatic heterocycles. The van der Waals surface area contributed by atoms with Crippen LogP contribution < -0.4 is 5.32 Å². The van der Waals surface area contributed by atoms with E-state index < -0.39 is 0 Å². The number of benzene rings is 1. The summed E-state index contributed by atoms with van der Waals surface area (Å²) < 4.78 is 13.1. The van der Waals surface area contributed by atoms with Crippen LogP contribution in [0.1, 0.15) is 68.6 Å². The zero-order valence-corrected chi connectivity index (χ0v) is 18.1. The molecule has 3 fully saturated rings. The van der Waals surface area contributed by atoms with Crippen LogP contribution in [-0.4, -0.2) is 42.3 Å². The van der Waals surface area contributed by atoms with Crippen molar-refractivity contribution in [3.8, 4) is 0 Å². The molecule has 1 N–H and O–H groups in total. The van der Waals surface area contributed by atoms with Gasteiger partial charge in [-0.05, 0) is 107 Å². The highest BCUT2D eigenvalue weighted by molar-refractivity contribution is 5.97. The van der Waals surface area contributed by atoms with Crippen LogP contribution in [0.15, 0.2) is 24.3 Å². The van der Waals surface area contributed by atoms with Crippen molar-refractivity contribution in [1.82, 2.24) is 10.2 Å². The minimum absolute atomic E-state index is 0.0694. The predicted molar refractivity (Wildman–Crippen MR) is 116 cm³/mol. The number of ketones is 1. The first-order chi connectivity index (χ1) is 14.5. The second-order valence-corrected chi connectivity index (χ2v) is 9.82. The summed E-state index contributed by atoms with van der Waals surface area (Å²) in [7, 11) is 0.